The molecule has 1 fully saturated rings. The maximum Gasteiger partial charge on any atom is 0.321 e. The fourth-order valence-corrected chi connectivity index (χ4v) is 3.57. The largest absolute Gasteiger partial charge is 0.389 e. The molecule has 5 nitrogen and oxygen atoms in total. The van der Waals surface area contributed by atoms with Gasteiger partial charge in [0, 0.05) is 43.5 Å². The summed E-state index contributed by atoms with van der Waals surface area (Å²) in [5.74, 6) is 0. The molecule has 1 N–H and O–H groups in total. The Bertz CT molecular complexity index is 715. The minimum absolute atomic E-state index is 0.0386. The summed E-state index contributed by atoms with van der Waals surface area (Å²) >= 11 is 0. The van der Waals surface area contributed by atoms with Crippen LogP contribution in [0.15, 0.2) is 29.4 Å². The first kappa shape index (κ1) is 19.7. The Morgan fingerprint density at radius 2 is 1.63 bits per heavy atom. The molecule has 3 rings (SSSR count). The van der Waals surface area contributed by atoms with E-state index in [1.807, 2.05) is 17.0 Å². The van der Waals surface area contributed by atoms with E-state index in [1.165, 1.54) is 5.56 Å². The smallest absolute Gasteiger partial charge is 0.321 e. The lowest BCUT2D eigenvalue weighted by molar-refractivity contribution is -0.0544. The number of hydrogen-bond donors (Lipinski definition) is 1. The van der Waals surface area contributed by atoms with Crippen LogP contribution in [0.3, 0.4) is 0 Å². The highest BCUT2D eigenvalue weighted by Gasteiger charge is 2.45. The minimum atomic E-state index is -0.215. The van der Waals surface area contributed by atoms with Gasteiger partial charge in [-0.25, -0.2) is 4.79 Å². The first-order valence-corrected chi connectivity index (χ1v) is 9.91. The van der Waals surface area contributed by atoms with E-state index < -0.39 is 0 Å². The molecule has 2 aliphatic heterocycles. The molecular weight excluding hydrogens is 338 g/mol. The van der Waals surface area contributed by atoms with Gasteiger partial charge in [-0.2, -0.15) is 0 Å². The molecular formula is C22H33N3O2. The number of anilines is 1. The predicted octanol–water partition coefficient (Wildman–Crippen LogP) is 5.17. The number of nitrogens with zero attached hydrogens (tertiary/aromatic N) is 2. The number of carbonyl (C=O) groups excluding carboxylic acids is 1. The second-order valence-electron chi connectivity index (χ2n) is 9.98. The van der Waals surface area contributed by atoms with Gasteiger partial charge in [-0.05, 0) is 23.1 Å². The highest BCUT2D eigenvalue weighted by atomic mass is 16.7. The van der Waals surface area contributed by atoms with Crippen molar-refractivity contribution in [2.45, 2.75) is 71.8 Å². The number of likely N-dealkylation sites (tertiary alicyclic amines) is 1. The third-order valence-corrected chi connectivity index (χ3v) is 5.67. The van der Waals surface area contributed by atoms with Crippen molar-refractivity contribution in [3.05, 3.63) is 29.8 Å². The van der Waals surface area contributed by atoms with Crippen LogP contribution < -0.4 is 5.32 Å². The lowest BCUT2D eigenvalue weighted by Crippen LogP contribution is -2.48. The molecule has 0 radical (unpaired) electrons. The molecule has 27 heavy (non-hydrogen) atoms. The van der Waals surface area contributed by atoms with Gasteiger partial charge in [-0.15, -0.1) is 0 Å². The molecule has 0 bridgehead atoms. The summed E-state index contributed by atoms with van der Waals surface area (Å²) in [5.41, 5.74) is 3.15. The topological polar surface area (TPSA) is 53.9 Å². The van der Waals surface area contributed by atoms with Crippen LogP contribution in [0, 0.1) is 5.41 Å². The van der Waals surface area contributed by atoms with Crippen molar-refractivity contribution in [2.75, 3.05) is 18.4 Å². The van der Waals surface area contributed by atoms with E-state index in [9.17, 15) is 4.79 Å². The van der Waals surface area contributed by atoms with E-state index in [1.54, 1.807) is 0 Å². The van der Waals surface area contributed by atoms with Gasteiger partial charge < -0.3 is 15.1 Å². The standard InChI is InChI=1S/C22H33N3O2/c1-20(2,3)16-7-9-17(10-8-16)23-19(26)25-13-11-22(12-14-25)15-18(24-27-22)21(4,5)6/h7-10H,11-15H2,1-6H3,(H,23,26). The molecule has 0 aliphatic carbocycles. The summed E-state index contributed by atoms with van der Waals surface area (Å²) in [5, 5.41) is 7.37. The Kier molecular flexibility index (Phi) is 5.00. The van der Waals surface area contributed by atoms with Crippen LogP contribution >= 0.6 is 0 Å². The van der Waals surface area contributed by atoms with Crippen LogP contribution in [-0.2, 0) is 10.3 Å². The Morgan fingerprint density at radius 1 is 1.04 bits per heavy atom. The molecule has 5 heteroatoms. The highest BCUT2D eigenvalue weighted by molar-refractivity contribution is 5.91. The van der Waals surface area contributed by atoms with E-state index >= 15 is 0 Å². The summed E-state index contributed by atoms with van der Waals surface area (Å²) in [6, 6.07) is 8.08. The zero-order chi connectivity index (χ0) is 19.9. The van der Waals surface area contributed by atoms with Gasteiger partial charge in [-0.3, -0.25) is 0 Å². The number of rotatable bonds is 1. The van der Waals surface area contributed by atoms with Crippen molar-refractivity contribution in [3.8, 4) is 0 Å². The molecule has 2 amide bonds. The van der Waals surface area contributed by atoms with Gasteiger partial charge >= 0.3 is 6.03 Å². The van der Waals surface area contributed by atoms with Gasteiger partial charge in [0.15, 0.2) is 0 Å². The number of amides is 2. The van der Waals surface area contributed by atoms with Crippen LogP contribution in [0.2, 0.25) is 0 Å². The highest BCUT2D eigenvalue weighted by Crippen LogP contribution is 2.38. The van der Waals surface area contributed by atoms with Gasteiger partial charge in [0.2, 0.25) is 0 Å². The molecule has 1 spiro atoms. The zero-order valence-corrected chi connectivity index (χ0v) is 17.6. The average Bonchev–Trinajstić information content (AvgIpc) is 2.99. The van der Waals surface area contributed by atoms with Crippen LogP contribution in [0.25, 0.3) is 0 Å². The first-order valence-electron chi connectivity index (χ1n) is 9.91. The number of carbonyl (C=O) groups is 1. The number of benzene rings is 1. The van der Waals surface area contributed by atoms with Crippen LogP contribution in [0.5, 0.6) is 0 Å². The van der Waals surface area contributed by atoms with Gasteiger partial charge in [0.25, 0.3) is 0 Å². The molecule has 0 aromatic heterocycles. The second kappa shape index (κ2) is 6.84. The third-order valence-electron chi connectivity index (χ3n) is 5.67. The summed E-state index contributed by atoms with van der Waals surface area (Å²) in [6.45, 7) is 14.4. The first-order chi connectivity index (χ1) is 12.5. The number of piperidine rings is 1. The number of oxime groups is 1. The second-order valence-corrected chi connectivity index (χ2v) is 9.98. The van der Waals surface area contributed by atoms with Crippen molar-refractivity contribution in [2.24, 2.45) is 10.6 Å². The fourth-order valence-electron chi connectivity index (χ4n) is 3.57. The van der Waals surface area contributed by atoms with Gasteiger partial charge in [0.1, 0.15) is 5.60 Å². The molecule has 0 unspecified atom stereocenters. The van der Waals surface area contributed by atoms with Gasteiger partial charge in [0.05, 0.1) is 5.71 Å². The summed E-state index contributed by atoms with van der Waals surface area (Å²) in [4.78, 5) is 20.3. The maximum absolute atomic E-state index is 12.6. The Labute approximate surface area is 163 Å². The molecule has 2 heterocycles. The quantitative estimate of drug-likeness (QED) is 0.740. The normalized spacial score (nSPS) is 19.6. The summed E-state index contributed by atoms with van der Waals surface area (Å²) in [7, 11) is 0. The Hall–Kier alpha value is -2.04. The number of urea groups is 1. The lowest BCUT2D eigenvalue weighted by atomic mass is 9.79. The summed E-state index contributed by atoms with van der Waals surface area (Å²) in [6.07, 6.45) is 2.53. The zero-order valence-electron chi connectivity index (χ0n) is 17.6. The molecule has 1 aromatic carbocycles. The molecule has 148 valence electrons. The van der Waals surface area contributed by atoms with Crippen LogP contribution in [0.4, 0.5) is 10.5 Å². The van der Waals surface area contributed by atoms with E-state index in [0.29, 0.717) is 13.1 Å². The van der Waals surface area contributed by atoms with Crippen LogP contribution in [0.1, 0.15) is 66.4 Å². The summed E-state index contributed by atoms with van der Waals surface area (Å²) < 4.78 is 0. The van der Waals surface area contributed by atoms with Crippen molar-refractivity contribution in [1.82, 2.24) is 4.90 Å². The molecule has 1 saturated heterocycles. The van der Waals surface area contributed by atoms with Gasteiger partial charge in [-0.1, -0.05) is 58.8 Å². The van der Waals surface area contributed by atoms with E-state index in [4.69, 9.17) is 4.84 Å². The predicted molar refractivity (Wildman–Crippen MR) is 110 cm³/mol. The molecule has 0 saturated carbocycles. The third kappa shape index (κ3) is 4.45. The lowest BCUT2D eigenvalue weighted by Gasteiger charge is -2.37. The Balaban J connectivity index is 1.54. The number of nitrogens with one attached hydrogen (secondary N) is 1. The fraction of sp³-hybridized carbons (Fsp3) is 0.636. The van der Waals surface area contributed by atoms with Crippen molar-refractivity contribution >= 4 is 17.4 Å². The van der Waals surface area contributed by atoms with E-state index in [0.717, 1.165) is 30.7 Å². The van der Waals surface area contributed by atoms with Crippen molar-refractivity contribution < 1.29 is 9.63 Å². The molecule has 0 atom stereocenters. The van der Waals surface area contributed by atoms with Crippen molar-refractivity contribution in [3.63, 3.8) is 0 Å². The van der Waals surface area contributed by atoms with E-state index in [-0.39, 0.29) is 22.5 Å². The number of hydrogen-bond acceptors (Lipinski definition) is 3. The minimum Gasteiger partial charge on any atom is -0.389 e. The van der Waals surface area contributed by atoms with E-state index in [2.05, 4.69) is 64.1 Å². The monoisotopic (exact) mass is 371 g/mol. The molecule has 2 aliphatic rings. The van der Waals surface area contributed by atoms with Crippen molar-refractivity contribution in [1.29, 1.82) is 0 Å². The Morgan fingerprint density at radius 3 is 2.11 bits per heavy atom. The average molecular weight is 372 g/mol. The van der Waals surface area contributed by atoms with Crippen LogP contribution in [-0.4, -0.2) is 35.3 Å². The maximum atomic E-state index is 12.6. The molecule has 1 aromatic rings. The SMILES string of the molecule is CC(C)(C)C1=NOC2(CCN(C(=O)Nc3ccc(C(C)(C)C)cc3)CC2)C1.